The maximum Gasteiger partial charge on any atom is 0.157 e. The fourth-order valence-electron chi connectivity index (χ4n) is 4.95. The van der Waals surface area contributed by atoms with Crippen LogP contribution in [0.2, 0.25) is 0 Å². The minimum atomic E-state index is -0.544. The van der Waals surface area contributed by atoms with Gasteiger partial charge < -0.3 is 15.2 Å². The van der Waals surface area contributed by atoms with Crippen LogP contribution in [0.4, 0.5) is 20.2 Å². The molecule has 3 heterocycles. The van der Waals surface area contributed by atoms with Crippen molar-refractivity contribution in [2.24, 2.45) is 12.8 Å². The van der Waals surface area contributed by atoms with Crippen LogP contribution in [0.15, 0.2) is 91.5 Å². The van der Waals surface area contributed by atoms with Gasteiger partial charge in [-0.2, -0.15) is 5.10 Å². The lowest BCUT2D eigenvalue weighted by molar-refractivity contribution is 0.618. The molecule has 0 radical (unpaired) electrons. The molecule has 2 N–H and O–H groups in total. The summed E-state index contributed by atoms with van der Waals surface area (Å²) in [6.45, 7) is 2.58. The Morgan fingerprint density at radius 2 is 1.77 bits per heavy atom. The Morgan fingerprint density at radius 3 is 2.50 bits per heavy atom. The van der Waals surface area contributed by atoms with E-state index in [4.69, 9.17) is 5.73 Å². The van der Waals surface area contributed by atoms with E-state index >= 15 is 8.78 Å². The molecule has 0 aliphatic heterocycles. The van der Waals surface area contributed by atoms with E-state index in [-0.39, 0.29) is 11.1 Å². The van der Waals surface area contributed by atoms with Crippen molar-refractivity contribution in [1.82, 2.24) is 24.3 Å². The second-order valence-electron chi connectivity index (χ2n) is 9.61. The standard InChI is InChI=1S/C31H27F2N7/c1-20-25-10-11-27(30(33)31(25)40(37-20)23-6-3-5-21(15-23)17-34)26-9-8-22(16-28(26)32)39(24-7-4-12-35-18-24)19-29-36-13-14-38(29)2/h3-16,18H,17,19,34H2,1-2H3. The maximum atomic E-state index is 16.2. The summed E-state index contributed by atoms with van der Waals surface area (Å²) in [4.78, 5) is 10.6. The number of rotatable bonds is 7. The fraction of sp³-hybridized carbons (Fsp3) is 0.129. The molecule has 200 valence electrons. The van der Waals surface area contributed by atoms with Crippen LogP contribution in [0.3, 0.4) is 0 Å². The largest absolute Gasteiger partial charge is 0.337 e. The number of halogens is 2. The zero-order valence-electron chi connectivity index (χ0n) is 22.1. The van der Waals surface area contributed by atoms with Crippen molar-refractivity contribution in [2.45, 2.75) is 20.0 Å². The highest BCUT2D eigenvalue weighted by molar-refractivity contribution is 5.89. The number of anilines is 2. The van der Waals surface area contributed by atoms with Gasteiger partial charge in [0.25, 0.3) is 0 Å². The quantitative estimate of drug-likeness (QED) is 0.263. The SMILES string of the molecule is Cc1nn(-c2cccc(CN)c2)c2c(F)c(-c3ccc(N(Cc4nccn4C)c4cccnc4)cc3F)ccc12. The van der Waals surface area contributed by atoms with Gasteiger partial charge in [-0.3, -0.25) is 4.98 Å². The Hall–Kier alpha value is -4.89. The number of aryl methyl sites for hydroxylation is 2. The van der Waals surface area contributed by atoms with E-state index < -0.39 is 11.6 Å². The Kier molecular flexibility index (Phi) is 6.57. The second kappa shape index (κ2) is 10.3. The summed E-state index contributed by atoms with van der Waals surface area (Å²) in [7, 11) is 1.91. The molecule has 9 heteroatoms. The van der Waals surface area contributed by atoms with E-state index in [1.807, 2.05) is 66.0 Å². The van der Waals surface area contributed by atoms with Crippen LogP contribution >= 0.6 is 0 Å². The Balaban J connectivity index is 1.44. The van der Waals surface area contributed by atoms with Gasteiger partial charge in [0.15, 0.2) is 5.82 Å². The molecule has 3 aromatic carbocycles. The summed E-state index contributed by atoms with van der Waals surface area (Å²) in [5.41, 5.74) is 10.1. The molecule has 0 aliphatic carbocycles. The first-order valence-corrected chi connectivity index (χ1v) is 12.9. The highest BCUT2D eigenvalue weighted by Crippen LogP contribution is 2.36. The topological polar surface area (TPSA) is 77.8 Å². The van der Waals surface area contributed by atoms with E-state index in [1.54, 1.807) is 47.5 Å². The first-order chi connectivity index (χ1) is 19.4. The number of hydrogen-bond acceptors (Lipinski definition) is 5. The van der Waals surface area contributed by atoms with E-state index in [9.17, 15) is 0 Å². The number of nitrogens with zero attached hydrogens (tertiary/aromatic N) is 6. The van der Waals surface area contributed by atoms with Crippen LogP contribution in [0.5, 0.6) is 0 Å². The van der Waals surface area contributed by atoms with Gasteiger partial charge in [-0.05, 0) is 55.0 Å². The predicted molar refractivity (Wildman–Crippen MR) is 152 cm³/mol. The van der Waals surface area contributed by atoms with Gasteiger partial charge in [-0.1, -0.05) is 24.3 Å². The van der Waals surface area contributed by atoms with Gasteiger partial charge in [0.05, 0.1) is 29.8 Å². The summed E-state index contributed by atoms with van der Waals surface area (Å²) in [6, 6.07) is 19.4. The number of nitrogens with two attached hydrogens (primary N) is 1. The zero-order chi connectivity index (χ0) is 27.8. The number of pyridine rings is 1. The molecule has 0 unspecified atom stereocenters. The Bertz CT molecular complexity index is 1830. The van der Waals surface area contributed by atoms with Gasteiger partial charge in [0, 0.05) is 54.4 Å². The fourth-order valence-corrected chi connectivity index (χ4v) is 4.95. The third kappa shape index (κ3) is 4.50. The highest BCUT2D eigenvalue weighted by Gasteiger charge is 2.21. The lowest BCUT2D eigenvalue weighted by Crippen LogP contribution is -2.19. The summed E-state index contributed by atoms with van der Waals surface area (Å²) < 4.78 is 35.5. The molecule has 0 aliphatic rings. The maximum absolute atomic E-state index is 16.2. The number of fused-ring (bicyclic) bond motifs is 1. The highest BCUT2D eigenvalue weighted by atomic mass is 19.1. The first kappa shape index (κ1) is 25.4. The predicted octanol–water partition coefficient (Wildman–Crippen LogP) is 6.20. The number of hydrogen-bond donors (Lipinski definition) is 1. The van der Waals surface area contributed by atoms with Gasteiger partial charge in [-0.25, -0.2) is 18.4 Å². The van der Waals surface area contributed by atoms with Crippen molar-refractivity contribution in [3.8, 4) is 16.8 Å². The van der Waals surface area contributed by atoms with Gasteiger partial charge >= 0.3 is 0 Å². The second-order valence-corrected chi connectivity index (χ2v) is 9.61. The average Bonchev–Trinajstić information content (AvgIpc) is 3.55. The molecule has 6 aromatic rings. The van der Waals surface area contributed by atoms with Gasteiger partial charge in [0.1, 0.15) is 17.2 Å². The number of aromatic nitrogens is 5. The summed E-state index contributed by atoms with van der Waals surface area (Å²) in [5, 5.41) is 5.25. The molecule has 3 aromatic heterocycles. The minimum absolute atomic E-state index is 0.157. The van der Waals surface area contributed by atoms with E-state index in [0.29, 0.717) is 41.1 Å². The van der Waals surface area contributed by atoms with Crippen LogP contribution in [0.1, 0.15) is 17.1 Å². The normalized spacial score (nSPS) is 11.3. The van der Waals surface area contributed by atoms with Crippen molar-refractivity contribution >= 4 is 22.3 Å². The molecule has 0 spiro atoms. The number of imidazole rings is 1. The molecule has 0 saturated heterocycles. The average molecular weight is 536 g/mol. The van der Waals surface area contributed by atoms with E-state index in [0.717, 1.165) is 17.1 Å². The first-order valence-electron chi connectivity index (χ1n) is 12.9. The molecular formula is C31H27F2N7. The Labute approximate surface area is 230 Å². The summed E-state index contributed by atoms with van der Waals surface area (Å²) in [6.07, 6.45) is 6.98. The molecule has 7 nitrogen and oxygen atoms in total. The Morgan fingerprint density at radius 1 is 0.925 bits per heavy atom. The summed E-state index contributed by atoms with van der Waals surface area (Å²) >= 11 is 0. The summed E-state index contributed by atoms with van der Waals surface area (Å²) in [5.74, 6) is -0.287. The zero-order valence-corrected chi connectivity index (χ0v) is 22.1. The smallest absolute Gasteiger partial charge is 0.157 e. The molecule has 0 atom stereocenters. The van der Waals surface area contributed by atoms with E-state index in [1.165, 1.54) is 6.07 Å². The third-order valence-corrected chi connectivity index (χ3v) is 7.09. The van der Waals surface area contributed by atoms with Gasteiger partial charge in [0.2, 0.25) is 0 Å². The molecule has 0 bridgehead atoms. The van der Waals surface area contributed by atoms with E-state index in [2.05, 4.69) is 15.1 Å². The molecule has 40 heavy (non-hydrogen) atoms. The van der Waals surface area contributed by atoms with Gasteiger partial charge in [-0.15, -0.1) is 0 Å². The van der Waals surface area contributed by atoms with Crippen molar-refractivity contribution in [2.75, 3.05) is 4.90 Å². The van der Waals surface area contributed by atoms with Crippen LogP contribution in [0.25, 0.3) is 27.7 Å². The van der Waals surface area contributed by atoms with Crippen LogP contribution in [-0.2, 0) is 20.1 Å². The molecule has 0 amide bonds. The van der Waals surface area contributed by atoms with Crippen molar-refractivity contribution in [3.05, 3.63) is 120 Å². The minimum Gasteiger partial charge on any atom is -0.337 e. The van der Waals surface area contributed by atoms with Crippen LogP contribution in [0, 0.1) is 18.6 Å². The lowest BCUT2D eigenvalue weighted by atomic mass is 10.0. The van der Waals surface area contributed by atoms with Crippen molar-refractivity contribution < 1.29 is 8.78 Å². The van der Waals surface area contributed by atoms with Crippen molar-refractivity contribution in [1.29, 1.82) is 0 Å². The molecule has 6 rings (SSSR count). The van der Waals surface area contributed by atoms with Crippen LogP contribution < -0.4 is 10.6 Å². The van der Waals surface area contributed by atoms with Crippen LogP contribution in [-0.4, -0.2) is 24.3 Å². The number of benzene rings is 3. The molecule has 0 saturated carbocycles. The third-order valence-electron chi connectivity index (χ3n) is 7.09. The monoisotopic (exact) mass is 535 g/mol. The molecular weight excluding hydrogens is 508 g/mol. The van der Waals surface area contributed by atoms with Crippen molar-refractivity contribution in [3.63, 3.8) is 0 Å². The lowest BCUT2D eigenvalue weighted by Gasteiger charge is -2.25. The molecule has 0 fully saturated rings.